The molecule has 2 aliphatic rings. The minimum absolute atomic E-state index is 0.289. The van der Waals surface area contributed by atoms with Gasteiger partial charge in [-0.15, -0.1) is 11.3 Å². The van der Waals surface area contributed by atoms with Crippen LogP contribution < -0.4 is 4.72 Å². The lowest BCUT2D eigenvalue weighted by molar-refractivity contribution is 0.118. The van der Waals surface area contributed by atoms with Crippen molar-refractivity contribution in [2.45, 2.75) is 45.1 Å². The molecule has 0 radical (unpaired) electrons. The van der Waals surface area contributed by atoms with Gasteiger partial charge in [-0.05, 0) is 44.4 Å². The largest absolute Gasteiger partial charge is 0.384 e. The third-order valence-corrected chi connectivity index (χ3v) is 7.20. The maximum atomic E-state index is 12.5. The molecule has 1 aromatic rings. The summed E-state index contributed by atoms with van der Waals surface area (Å²) in [4.78, 5) is 5.93. The summed E-state index contributed by atoms with van der Waals surface area (Å²) < 4.78 is 34.4. The van der Waals surface area contributed by atoms with E-state index in [4.69, 9.17) is 4.74 Å². The Hall–Kier alpha value is -0.540. The summed E-state index contributed by atoms with van der Waals surface area (Å²) in [5.41, 5.74) is 1.17. The van der Waals surface area contributed by atoms with Gasteiger partial charge in [-0.25, -0.2) is 4.98 Å². The Morgan fingerprint density at radius 3 is 2.96 bits per heavy atom. The Bertz CT molecular complexity index is 604. The van der Waals surface area contributed by atoms with Crippen molar-refractivity contribution >= 4 is 21.5 Å². The van der Waals surface area contributed by atoms with Crippen LogP contribution in [0.5, 0.6) is 0 Å². The van der Waals surface area contributed by atoms with Gasteiger partial charge in [0.25, 0.3) is 10.2 Å². The van der Waals surface area contributed by atoms with Crippen molar-refractivity contribution in [3.8, 4) is 0 Å². The fourth-order valence-corrected chi connectivity index (χ4v) is 5.81. The average molecular weight is 360 g/mol. The van der Waals surface area contributed by atoms with E-state index in [-0.39, 0.29) is 5.92 Å². The Labute approximate surface area is 142 Å². The molecule has 1 aliphatic carbocycles. The van der Waals surface area contributed by atoms with E-state index < -0.39 is 10.2 Å². The molecule has 23 heavy (non-hydrogen) atoms. The molecule has 3 rings (SSSR count). The van der Waals surface area contributed by atoms with Crippen molar-refractivity contribution in [1.82, 2.24) is 14.0 Å². The quantitative estimate of drug-likeness (QED) is 0.839. The van der Waals surface area contributed by atoms with E-state index in [1.807, 2.05) is 0 Å². The van der Waals surface area contributed by atoms with Crippen molar-refractivity contribution in [2.75, 3.05) is 26.8 Å². The van der Waals surface area contributed by atoms with E-state index in [0.717, 1.165) is 30.7 Å². The molecule has 1 aromatic heterocycles. The Balaban J connectivity index is 1.59. The molecule has 1 saturated heterocycles. The number of nitrogens with zero attached hydrogens (tertiary/aromatic N) is 2. The molecule has 0 spiro atoms. The van der Waals surface area contributed by atoms with Crippen LogP contribution in [0.1, 0.15) is 41.3 Å². The van der Waals surface area contributed by atoms with Crippen LogP contribution in [0.4, 0.5) is 0 Å². The number of nitrogens with one attached hydrogen (secondary N) is 1. The molecule has 1 atom stereocenters. The number of aromatic nitrogens is 1. The molecule has 0 saturated carbocycles. The predicted molar refractivity (Wildman–Crippen MR) is 90.7 cm³/mol. The number of hydrogen-bond donors (Lipinski definition) is 1. The van der Waals surface area contributed by atoms with Crippen LogP contribution >= 0.6 is 11.3 Å². The summed E-state index contributed by atoms with van der Waals surface area (Å²) in [7, 11) is -1.78. The van der Waals surface area contributed by atoms with E-state index in [1.165, 1.54) is 23.4 Å². The summed E-state index contributed by atoms with van der Waals surface area (Å²) in [6.45, 7) is 2.04. The van der Waals surface area contributed by atoms with Gasteiger partial charge >= 0.3 is 0 Å². The third-order valence-electron chi connectivity index (χ3n) is 4.52. The normalized spacial score (nSPS) is 22.9. The highest BCUT2D eigenvalue weighted by atomic mass is 32.2. The van der Waals surface area contributed by atoms with Crippen LogP contribution in [-0.4, -0.2) is 44.5 Å². The van der Waals surface area contributed by atoms with Crippen molar-refractivity contribution in [3.05, 3.63) is 15.6 Å². The molecule has 1 fully saturated rings. The van der Waals surface area contributed by atoms with Crippen LogP contribution in [-0.2, 0) is 34.3 Å². The van der Waals surface area contributed by atoms with Crippen LogP contribution in [0.3, 0.4) is 0 Å². The van der Waals surface area contributed by atoms with Crippen LogP contribution in [0.25, 0.3) is 0 Å². The molecule has 8 heteroatoms. The van der Waals surface area contributed by atoms with Crippen LogP contribution in [0.15, 0.2) is 0 Å². The summed E-state index contributed by atoms with van der Waals surface area (Å²) in [5, 5.41) is 0.880. The van der Waals surface area contributed by atoms with Gasteiger partial charge in [0, 0.05) is 25.1 Å². The number of piperidine rings is 1. The topological polar surface area (TPSA) is 71.5 Å². The smallest absolute Gasteiger partial charge is 0.279 e. The lowest BCUT2D eigenvalue weighted by Crippen LogP contribution is -2.46. The van der Waals surface area contributed by atoms with E-state index in [2.05, 4.69) is 9.71 Å². The molecule has 0 aromatic carbocycles. The number of rotatable bonds is 6. The van der Waals surface area contributed by atoms with E-state index >= 15 is 0 Å². The number of hydrogen-bond acceptors (Lipinski definition) is 5. The average Bonchev–Trinajstić information content (AvgIpc) is 2.97. The van der Waals surface area contributed by atoms with E-state index in [0.29, 0.717) is 26.2 Å². The zero-order valence-corrected chi connectivity index (χ0v) is 15.2. The minimum Gasteiger partial charge on any atom is -0.384 e. The highest BCUT2D eigenvalue weighted by molar-refractivity contribution is 7.87. The summed E-state index contributed by atoms with van der Waals surface area (Å²) in [5.74, 6) is 0.289. The molecule has 6 nitrogen and oxygen atoms in total. The van der Waals surface area contributed by atoms with Crippen molar-refractivity contribution in [3.63, 3.8) is 0 Å². The number of fused-ring (bicyclic) bond motifs is 1. The second-order valence-corrected chi connectivity index (χ2v) is 9.26. The van der Waals surface area contributed by atoms with Crippen molar-refractivity contribution in [2.24, 2.45) is 5.92 Å². The minimum atomic E-state index is -3.44. The highest BCUT2D eigenvalue weighted by Crippen LogP contribution is 2.27. The van der Waals surface area contributed by atoms with Gasteiger partial charge in [-0.3, -0.25) is 0 Å². The molecule has 2 heterocycles. The zero-order chi connectivity index (χ0) is 16.3. The maximum Gasteiger partial charge on any atom is 0.279 e. The molecular weight excluding hydrogens is 334 g/mol. The van der Waals surface area contributed by atoms with Gasteiger partial charge in [-0.1, -0.05) is 0 Å². The Morgan fingerprint density at radius 2 is 2.17 bits per heavy atom. The molecule has 1 unspecified atom stereocenters. The molecule has 1 aliphatic heterocycles. The molecular formula is C15H25N3O3S2. The standard InChI is InChI=1S/C15H25N3O3S2/c1-21-11-12-5-4-8-18(10-12)23(19,20)16-9-15-17-13-6-2-3-7-14(13)22-15/h12,16H,2-11H2,1H3. The van der Waals surface area contributed by atoms with Gasteiger partial charge in [-0.2, -0.15) is 17.4 Å². The summed E-state index contributed by atoms with van der Waals surface area (Å²) in [6, 6.07) is 0. The van der Waals surface area contributed by atoms with Crippen LogP contribution in [0.2, 0.25) is 0 Å². The van der Waals surface area contributed by atoms with Gasteiger partial charge in [0.2, 0.25) is 0 Å². The lowest BCUT2D eigenvalue weighted by Gasteiger charge is -2.31. The van der Waals surface area contributed by atoms with Crippen molar-refractivity contribution in [1.29, 1.82) is 0 Å². The van der Waals surface area contributed by atoms with E-state index in [9.17, 15) is 8.42 Å². The SMILES string of the molecule is COCC1CCCN(S(=O)(=O)NCc2nc3c(s2)CCCC3)C1. The van der Waals surface area contributed by atoms with Gasteiger partial charge < -0.3 is 4.74 Å². The van der Waals surface area contributed by atoms with Gasteiger partial charge in [0.15, 0.2) is 0 Å². The monoisotopic (exact) mass is 359 g/mol. The summed E-state index contributed by atoms with van der Waals surface area (Å²) in [6.07, 6.45) is 6.44. The molecule has 0 bridgehead atoms. The molecule has 1 N–H and O–H groups in total. The first-order valence-corrected chi connectivity index (χ1v) is 10.6. The molecule has 130 valence electrons. The number of aryl methyl sites for hydroxylation is 2. The van der Waals surface area contributed by atoms with Gasteiger partial charge in [0.05, 0.1) is 18.8 Å². The summed E-state index contributed by atoms with van der Waals surface area (Å²) >= 11 is 1.65. The molecule has 0 amide bonds. The number of ether oxygens (including phenoxy) is 1. The maximum absolute atomic E-state index is 12.5. The van der Waals surface area contributed by atoms with Crippen molar-refractivity contribution < 1.29 is 13.2 Å². The first-order valence-electron chi connectivity index (χ1n) is 8.29. The highest BCUT2D eigenvalue weighted by Gasteiger charge is 2.29. The van der Waals surface area contributed by atoms with E-state index in [1.54, 1.807) is 22.8 Å². The first-order chi connectivity index (χ1) is 11.1. The Morgan fingerprint density at radius 1 is 1.35 bits per heavy atom. The lowest BCUT2D eigenvalue weighted by atomic mass is 10.0. The predicted octanol–water partition coefficient (Wildman–Crippen LogP) is 1.71. The Kier molecular flexibility index (Phi) is 5.69. The second-order valence-electron chi connectivity index (χ2n) is 6.33. The second kappa shape index (κ2) is 7.57. The zero-order valence-electron chi connectivity index (χ0n) is 13.6. The number of thiazole rings is 1. The first kappa shape index (κ1) is 17.3. The fourth-order valence-electron chi connectivity index (χ4n) is 3.34. The number of methoxy groups -OCH3 is 1. The van der Waals surface area contributed by atoms with Gasteiger partial charge in [0.1, 0.15) is 5.01 Å². The van der Waals surface area contributed by atoms with Crippen LogP contribution in [0, 0.1) is 5.92 Å². The fraction of sp³-hybridized carbons (Fsp3) is 0.800. The third kappa shape index (κ3) is 4.30.